The smallest absolute Gasteiger partial charge is 0.346 e. The van der Waals surface area contributed by atoms with Gasteiger partial charge in [-0.15, -0.1) is 0 Å². The van der Waals surface area contributed by atoms with Gasteiger partial charge in [0.1, 0.15) is 11.3 Å². The van der Waals surface area contributed by atoms with Crippen molar-refractivity contribution in [1.29, 1.82) is 0 Å². The first kappa shape index (κ1) is 22.1. The summed E-state index contributed by atoms with van der Waals surface area (Å²) in [6, 6.07) is 6.33. The van der Waals surface area contributed by atoms with Crippen LogP contribution in [-0.4, -0.2) is 31.7 Å². The van der Waals surface area contributed by atoms with Gasteiger partial charge in [0.15, 0.2) is 5.60 Å². The lowest BCUT2D eigenvalue weighted by molar-refractivity contribution is -0.210. The van der Waals surface area contributed by atoms with E-state index in [1.165, 1.54) is 10.6 Å². The maximum atomic E-state index is 13.6. The Hall–Kier alpha value is -3.76. The molecule has 0 amide bonds. The number of aliphatic hydroxyl groups is 1. The zero-order valence-corrected chi connectivity index (χ0v) is 18.8. The van der Waals surface area contributed by atoms with Crippen molar-refractivity contribution >= 4 is 22.8 Å². The monoisotopic (exact) mass is 465 g/mol. The van der Waals surface area contributed by atoms with Crippen LogP contribution in [0.25, 0.3) is 22.3 Å². The first-order chi connectivity index (χ1) is 16.1. The molecule has 4 N–H and O–H groups in total. The summed E-state index contributed by atoms with van der Waals surface area (Å²) in [7, 11) is 0. The molecule has 0 aliphatic carbocycles. The molecule has 2 aliphatic rings. The van der Waals surface area contributed by atoms with Gasteiger partial charge in [0, 0.05) is 35.0 Å². The minimum atomic E-state index is -2.08. The molecule has 34 heavy (non-hydrogen) atoms. The van der Waals surface area contributed by atoms with Crippen LogP contribution < -0.4 is 11.3 Å². The van der Waals surface area contributed by atoms with E-state index in [0.717, 1.165) is 6.92 Å². The van der Waals surface area contributed by atoms with Crippen LogP contribution in [0.1, 0.15) is 61.8 Å². The fourth-order valence-corrected chi connectivity index (χ4v) is 4.69. The molecular formula is C24H23N3O7. The van der Waals surface area contributed by atoms with Crippen LogP contribution in [-0.2, 0) is 31.2 Å². The molecule has 5 rings (SSSR count). The maximum absolute atomic E-state index is 13.6. The van der Waals surface area contributed by atoms with Gasteiger partial charge in [0.05, 0.1) is 23.4 Å². The molecule has 3 atom stereocenters. The number of aromatic nitrogens is 2. The molecule has 3 aromatic rings. The van der Waals surface area contributed by atoms with E-state index in [1.807, 2.05) is 0 Å². The van der Waals surface area contributed by atoms with Gasteiger partial charge in [-0.25, -0.2) is 9.78 Å². The van der Waals surface area contributed by atoms with Crippen LogP contribution >= 0.6 is 0 Å². The molecule has 2 unspecified atom stereocenters. The average molecular weight is 465 g/mol. The normalized spacial score (nSPS) is 21.4. The first-order valence-corrected chi connectivity index (χ1v) is 10.9. The summed E-state index contributed by atoms with van der Waals surface area (Å²) in [5.41, 5.74) is 5.85. The number of fused-ring (bicyclic) bond motifs is 5. The number of carbonyl (C=O) groups is 2. The lowest BCUT2D eigenvalue weighted by Crippen LogP contribution is -2.46. The van der Waals surface area contributed by atoms with Gasteiger partial charge < -0.3 is 30.0 Å². The minimum absolute atomic E-state index is 0.0265. The van der Waals surface area contributed by atoms with Crippen molar-refractivity contribution in [3.05, 3.63) is 56.9 Å². The Morgan fingerprint density at radius 3 is 2.76 bits per heavy atom. The predicted molar refractivity (Wildman–Crippen MR) is 120 cm³/mol. The number of benzene rings is 1. The van der Waals surface area contributed by atoms with Crippen molar-refractivity contribution in [1.82, 2.24) is 9.55 Å². The fraction of sp³-hybridized carbons (Fsp3) is 0.333. The van der Waals surface area contributed by atoms with Gasteiger partial charge in [-0.05, 0) is 31.5 Å². The van der Waals surface area contributed by atoms with Gasteiger partial charge in [-0.3, -0.25) is 9.59 Å². The molecule has 2 aromatic heterocycles. The molecule has 10 nitrogen and oxygen atoms in total. The summed E-state index contributed by atoms with van der Waals surface area (Å²) in [6.07, 6.45) is -1.62. The Balaban J connectivity index is 1.76. The number of cyclic esters (lactones) is 1. The molecule has 1 aromatic carbocycles. The van der Waals surface area contributed by atoms with Crippen molar-refractivity contribution in [3.63, 3.8) is 0 Å². The SMILES string of the molecule is CC[C@@]1(O)C(=O)OC(OC(C)=O)c2c1cc1n(c2=O)Cc2cc3c(O)c(C(C)N)ccc3nc2-1. The molecule has 10 heteroatoms. The van der Waals surface area contributed by atoms with Crippen LogP contribution in [0, 0.1) is 0 Å². The van der Waals surface area contributed by atoms with Gasteiger partial charge in [-0.2, -0.15) is 0 Å². The summed E-state index contributed by atoms with van der Waals surface area (Å²) in [4.78, 5) is 42.4. The Labute approximate surface area is 193 Å². The molecule has 0 radical (unpaired) electrons. The molecule has 2 aliphatic heterocycles. The highest BCUT2D eigenvalue weighted by molar-refractivity contribution is 5.90. The standard InChI is InChI=1S/C24H23N3O7/c1-4-24(32)15-8-17-19-12(7-14-16(26-19)6-5-13(10(2)25)20(14)29)9-27(17)21(30)18(15)22(33-11(3)28)34-23(24)31/h5-8,10,22,29,32H,4,9,25H2,1-3H3/t10?,22?,24-/m0/s1. The second-order valence-electron chi connectivity index (χ2n) is 8.66. The molecule has 176 valence electrons. The number of phenols is 1. The van der Waals surface area contributed by atoms with Crippen molar-refractivity contribution < 1.29 is 29.3 Å². The Morgan fingerprint density at radius 2 is 2.12 bits per heavy atom. The molecule has 0 fully saturated rings. The summed E-state index contributed by atoms with van der Waals surface area (Å²) in [6.45, 7) is 4.61. The summed E-state index contributed by atoms with van der Waals surface area (Å²) >= 11 is 0. The van der Waals surface area contributed by atoms with Crippen LogP contribution in [0.2, 0.25) is 0 Å². The fourth-order valence-electron chi connectivity index (χ4n) is 4.69. The van der Waals surface area contributed by atoms with Gasteiger partial charge in [-0.1, -0.05) is 13.0 Å². The number of phenolic OH excluding ortho intramolecular Hbond substituents is 1. The second kappa shape index (κ2) is 7.37. The van der Waals surface area contributed by atoms with Crippen molar-refractivity contribution in [2.45, 2.75) is 51.7 Å². The molecule has 0 saturated carbocycles. The van der Waals surface area contributed by atoms with E-state index in [2.05, 4.69) is 4.98 Å². The summed E-state index contributed by atoms with van der Waals surface area (Å²) < 4.78 is 11.7. The topological polar surface area (TPSA) is 154 Å². The van der Waals surface area contributed by atoms with Gasteiger partial charge in [0.25, 0.3) is 11.8 Å². The maximum Gasteiger partial charge on any atom is 0.346 e. The zero-order valence-electron chi connectivity index (χ0n) is 18.8. The number of rotatable bonds is 3. The lowest BCUT2D eigenvalue weighted by atomic mass is 9.85. The summed E-state index contributed by atoms with van der Waals surface area (Å²) in [5.74, 6) is -1.72. The number of carbonyl (C=O) groups excluding carboxylic acids is 2. The third kappa shape index (κ3) is 2.95. The van der Waals surface area contributed by atoms with E-state index >= 15 is 0 Å². The molecule has 4 heterocycles. The Bertz CT molecular complexity index is 1460. The quantitative estimate of drug-likeness (QED) is 0.385. The number of ether oxygens (including phenoxy) is 2. The molecule has 0 spiro atoms. The highest BCUT2D eigenvalue weighted by Crippen LogP contribution is 2.43. The minimum Gasteiger partial charge on any atom is -0.507 e. The number of nitrogens with two attached hydrogens (primary N) is 1. The van der Waals surface area contributed by atoms with Crippen LogP contribution in [0.3, 0.4) is 0 Å². The van der Waals surface area contributed by atoms with Crippen molar-refractivity contribution in [2.75, 3.05) is 0 Å². The van der Waals surface area contributed by atoms with E-state index in [4.69, 9.17) is 15.2 Å². The van der Waals surface area contributed by atoms with Crippen LogP contribution in [0.15, 0.2) is 29.1 Å². The number of hydrogen-bond acceptors (Lipinski definition) is 9. The third-order valence-electron chi connectivity index (χ3n) is 6.50. The van der Waals surface area contributed by atoms with Crippen LogP contribution in [0.5, 0.6) is 5.75 Å². The van der Waals surface area contributed by atoms with Crippen molar-refractivity contribution in [3.8, 4) is 17.1 Å². The van der Waals surface area contributed by atoms with E-state index in [1.54, 1.807) is 32.0 Å². The van der Waals surface area contributed by atoms with E-state index in [9.17, 15) is 24.6 Å². The largest absolute Gasteiger partial charge is 0.507 e. The molecule has 0 saturated heterocycles. The lowest BCUT2D eigenvalue weighted by Gasteiger charge is -2.35. The van der Waals surface area contributed by atoms with E-state index in [-0.39, 0.29) is 35.9 Å². The van der Waals surface area contributed by atoms with Gasteiger partial charge >= 0.3 is 11.9 Å². The third-order valence-corrected chi connectivity index (χ3v) is 6.50. The number of aromatic hydroxyl groups is 1. The highest BCUT2D eigenvalue weighted by atomic mass is 16.7. The average Bonchev–Trinajstić information content (AvgIpc) is 3.14. The Morgan fingerprint density at radius 1 is 1.38 bits per heavy atom. The van der Waals surface area contributed by atoms with Crippen molar-refractivity contribution in [2.24, 2.45) is 5.73 Å². The summed E-state index contributed by atoms with van der Waals surface area (Å²) in [5, 5.41) is 22.3. The van der Waals surface area contributed by atoms with Gasteiger partial charge in [0.2, 0.25) is 0 Å². The van der Waals surface area contributed by atoms with E-state index in [0.29, 0.717) is 33.4 Å². The molecular weight excluding hydrogens is 442 g/mol. The number of esters is 2. The molecule has 0 bridgehead atoms. The van der Waals surface area contributed by atoms with E-state index < -0.39 is 29.4 Å². The second-order valence-corrected chi connectivity index (χ2v) is 8.66. The first-order valence-electron chi connectivity index (χ1n) is 10.9. The van der Waals surface area contributed by atoms with Crippen LogP contribution in [0.4, 0.5) is 0 Å². The Kier molecular flexibility index (Phi) is 4.78. The number of nitrogens with zero attached hydrogens (tertiary/aromatic N) is 2. The number of hydrogen-bond donors (Lipinski definition) is 3. The zero-order chi connectivity index (χ0) is 24.5. The number of pyridine rings is 2. The predicted octanol–water partition coefficient (Wildman–Crippen LogP) is 1.87. The highest BCUT2D eigenvalue weighted by Gasteiger charge is 2.50.